The van der Waals surface area contributed by atoms with E-state index in [1.54, 1.807) is 0 Å². The van der Waals surface area contributed by atoms with Gasteiger partial charge >= 0.3 is 0 Å². The molecule has 1 fully saturated rings. The van der Waals surface area contributed by atoms with E-state index in [1.165, 1.54) is 12.8 Å². The Morgan fingerprint density at radius 2 is 2.10 bits per heavy atom. The fourth-order valence-corrected chi connectivity index (χ4v) is 2.78. The summed E-state index contributed by atoms with van der Waals surface area (Å²) in [6.07, 6.45) is 2.38. The van der Waals surface area contributed by atoms with Crippen LogP contribution in [0.2, 0.25) is 0 Å². The molecule has 0 aliphatic carbocycles. The van der Waals surface area contributed by atoms with Crippen molar-refractivity contribution in [1.82, 2.24) is 9.88 Å². The molecule has 0 radical (unpaired) electrons. The third-order valence-corrected chi connectivity index (χ3v) is 4.10. The summed E-state index contributed by atoms with van der Waals surface area (Å²) in [5.41, 5.74) is 0.987. The molecule has 0 amide bonds. The van der Waals surface area contributed by atoms with Gasteiger partial charge in [-0.25, -0.2) is 4.98 Å². The highest BCUT2D eigenvalue weighted by Crippen LogP contribution is 2.22. The third-order valence-electron chi connectivity index (χ3n) is 4.10. The Labute approximate surface area is 125 Å². The Morgan fingerprint density at radius 1 is 1.29 bits per heavy atom. The number of hydrogen-bond donors (Lipinski definition) is 0. The largest absolute Gasteiger partial charge is 0.492 e. The molecule has 1 aromatic heterocycles. The van der Waals surface area contributed by atoms with Crippen LogP contribution in [0.25, 0.3) is 0 Å². The molecule has 21 heavy (non-hydrogen) atoms. The van der Waals surface area contributed by atoms with E-state index in [2.05, 4.69) is 9.88 Å². The molecular weight excluding hydrogens is 264 g/mol. The Hall–Kier alpha value is -1.81. The van der Waals surface area contributed by atoms with Crippen molar-refractivity contribution in [1.29, 1.82) is 0 Å². The first-order chi connectivity index (χ1) is 10.2. The van der Waals surface area contributed by atoms with Crippen LogP contribution in [0.5, 0.6) is 5.75 Å². The molecule has 1 saturated heterocycles. The average Bonchev–Trinajstić information content (AvgIpc) is 3.05. The van der Waals surface area contributed by atoms with Gasteiger partial charge in [0.1, 0.15) is 18.1 Å². The van der Waals surface area contributed by atoms with Gasteiger partial charge < -0.3 is 9.15 Å². The highest BCUT2D eigenvalue weighted by Gasteiger charge is 2.26. The van der Waals surface area contributed by atoms with Gasteiger partial charge in [-0.15, -0.1) is 0 Å². The smallest absolute Gasteiger partial charge is 0.208 e. The van der Waals surface area contributed by atoms with Gasteiger partial charge in [-0.05, 0) is 45.4 Å². The number of oxazole rings is 1. The molecule has 0 unspecified atom stereocenters. The fourth-order valence-electron chi connectivity index (χ4n) is 2.78. The second kappa shape index (κ2) is 6.31. The summed E-state index contributed by atoms with van der Waals surface area (Å²) in [7, 11) is 0. The van der Waals surface area contributed by atoms with Gasteiger partial charge in [0.25, 0.3) is 0 Å². The highest BCUT2D eigenvalue weighted by atomic mass is 16.5. The van der Waals surface area contributed by atoms with Crippen LogP contribution in [-0.4, -0.2) is 29.1 Å². The predicted molar refractivity (Wildman–Crippen MR) is 81.3 cm³/mol. The first-order valence-electron chi connectivity index (χ1n) is 7.57. The van der Waals surface area contributed by atoms with Gasteiger partial charge in [0.2, 0.25) is 5.89 Å². The van der Waals surface area contributed by atoms with E-state index in [1.807, 2.05) is 44.2 Å². The molecule has 0 saturated carbocycles. The Balaban J connectivity index is 1.57. The number of likely N-dealkylation sites (tertiary alicyclic amines) is 1. The molecule has 0 bridgehead atoms. The quantitative estimate of drug-likeness (QED) is 0.845. The number of aromatic nitrogens is 1. The number of aryl methyl sites for hydroxylation is 2. The van der Waals surface area contributed by atoms with Crippen LogP contribution in [0.3, 0.4) is 0 Å². The molecular formula is C17H22N2O2. The van der Waals surface area contributed by atoms with Gasteiger partial charge in [0, 0.05) is 6.04 Å². The van der Waals surface area contributed by atoms with E-state index in [0.29, 0.717) is 6.04 Å². The second-order valence-electron chi connectivity index (χ2n) is 5.64. The van der Waals surface area contributed by atoms with E-state index in [4.69, 9.17) is 9.15 Å². The summed E-state index contributed by atoms with van der Waals surface area (Å²) in [5.74, 6) is 2.67. The van der Waals surface area contributed by atoms with Gasteiger partial charge in [0.05, 0.1) is 12.2 Å². The van der Waals surface area contributed by atoms with E-state index in [0.717, 1.165) is 42.8 Å². The van der Waals surface area contributed by atoms with Crippen molar-refractivity contribution in [3.63, 3.8) is 0 Å². The normalized spacial score (nSPS) is 19.0. The highest BCUT2D eigenvalue weighted by molar-refractivity contribution is 5.21. The van der Waals surface area contributed by atoms with Crippen molar-refractivity contribution < 1.29 is 9.15 Å². The zero-order valence-corrected chi connectivity index (χ0v) is 12.7. The summed E-state index contributed by atoms with van der Waals surface area (Å²) < 4.78 is 11.6. The van der Waals surface area contributed by atoms with E-state index >= 15 is 0 Å². The Kier molecular flexibility index (Phi) is 4.25. The molecule has 2 heterocycles. The first kappa shape index (κ1) is 14.1. The number of rotatable bonds is 5. The van der Waals surface area contributed by atoms with E-state index < -0.39 is 0 Å². The van der Waals surface area contributed by atoms with Gasteiger partial charge in [-0.2, -0.15) is 0 Å². The van der Waals surface area contributed by atoms with Gasteiger partial charge in [-0.1, -0.05) is 18.2 Å². The van der Waals surface area contributed by atoms with Gasteiger partial charge in [0.15, 0.2) is 0 Å². The molecule has 1 atom stereocenters. The summed E-state index contributed by atoms with van der Waals surface area (Å²) in [6.45, 7) is 6.54. The topological polar surface area (TPSA) is 38.5 Å². The van der Waals surface area contributed by atoms with E-state index in [-0.39, 0.29) is 0 Å². The number of ether oxygens (including phenoxy) is 1. The number of para-hydroxylation sites is 1. The Morgan fingerprint density at radius 3 is 2.81 bits per heavy atom. The Bertz CT molecular complexity index is 560. The van der Waals surface area contributed by atoms with Crippen molar-refractivity contribution in [3.8, 4) is 5.75 Å². The molecule has 2 aromatic rings. The minimum atomic E-state index is 0.442. The lowest BCUT2D eigenvalue weighted by Gasteiger charge is -2.23. The molecule has 3 rings (SSSR count). The SMILES string of the molecule is Cc1nc(CN2CCC[C@H]2COc2ccccc2)oc1C. The zero-order chi connectivity index (χ0) is 14.7. The summed E-state index contributed by atoms with van der Waals surface area (Å²) in [4.78, 5) is 6.89. The van der Waals surface area contributed by atoms with Crippen LogP contribution < -0.4 is 4.74 Å². The summed E-state index contributed by atoms with van der Waals surface area (Å²) in [6, 6.07) is 10.4. The number of nitrogens with zero attached hydrogens (tertiary/aromatic N) is 2. The standard InChI is InChI=1S/C17H22N2O2/c1-13-14(2)21-17(18-13)11-19-10-6-7-15(19)12-20-16-8-4-3-5-9-16/h3-5,8-9,15H,6-7,10-12H2,1-2H3/t15-/m0/s1. The van der Waals surface area contributed by atoms with Gasteiger partial charge in [-0.3, -0.25) is 4.90 Å². The third kappa shape index (κ3) is 3.45. The molecule has 4 nitrogen and oxygen atoms in total. The zero-order valence-electron chi connectivity index (χ0n) is 12.7. The maximum atomic E-state index is 5.89. The fraction of sp³-hybridized carbons (Fsp3) is 0.471. The van der Waals surface area contributed by atoms with Crippen LogP contribution in [0.4, 0.5) is 0 Å². The molecule has 0 spiro atoms. The molecule has 0 N–H and O–H groups in total. The average molecular weight is 286 g/mol. The molecule has 1 aliphatic heterocycles. The predicted octanol–water partition coefficient (Wildman–Crippen LogP) is 3.33. The molecule has 1 aromatic carbocycles. The monoisotopic (exact) mass is 286 g/mol. The van der Waals surface area contributed by atoms with Crippen LogP contribution in [0.1, 0.15) is 30.2 Å². The first-order valence-corrected chi connectivity index (χ1v) is 7.57. The van der Waals surface area contributed by atoms with Crippen molar-refractivity contribution in [2.45, 2.75) is 39.3 Å². The van der Waals surface area contributed by atoms with Crippen LogP contribution in [0, 0.1) is 13.8 Å². The molecule has 4 heteroatoms. The minimum Gasteiger partial charge on any atom is -0.492 e. The van der Waals surface area contributed by atoms with Crippen molar-refractivity contribution in [2.75, 3.05) is 13.2 Å². The minimum absolute atomic E-state index is 0.442. The number of benzene rings is 1. The summed E-state index contributed by atoms with van der Waals surface area (Å²) >= 11 is 0. The van der Waals surface area contributed by atoms with Crippen molar-refractivity contribution in [2.24, 2.45) is 0 Å². The maximum absolute atomic E-state index is 5.89. The van der Waals surface area contributed by atoms with Crippen LogP contribution >= 0.6 is 0 Å². The number of hydrogen-bond acceptors (Lipinski definition) is 4. The van der Waals surface area contributed by atoms with E-state index in [9.17, 15) is 0 Å². The lowest BCUT2D eigenvalue weighted by Crippen LogP contribution is -2.33. The van der Waals surface area contributed by atoms with Crippen molar-refractivity contribution in [3.05, 3.63) is 47.7 Å². The van der Waals surface area contributed by atoms with Crippen molar-refractivity contribution >= 4 is 0 Å². The molecule has 1 aliphatic rings. The maximum Gasteiger partial charge on any atom is 0.208 e. The lowest BCUT2D eigenvalue weighted by molar-refractivity contribution is 0.156. The molecule has 112 valence electrons. The summed E-state index contributed by atoms with van der Waals surface area (Å²) in [5, 5.41) is 0. The van der Waals surface area contributed by atoms with Crippen LogP contribution in [0.15, 0.2) is 34.7 Å². The lowest BCUT2D eigenvalue weighted by atomic mass is 10.2. The van der Waals surface area contributed by atoms with Crippen LogP contribution in [-0.2, 0) is 6.54 Å². The second-order valence-corrected chi connectivity index (χ2v) is 5.64.